The molecular formula is C20H27N3O2S. The molecule has 0 saturated carbocycles. The number of carbonyl (C=O) groups is 1. The predicted molar refractivity (Wildman–Crippen MR) is 104 cm³/mol. The first-order valence-electron chi connectivity index (χ1n) is 9.31. The number of ether oxygens (including phenoxy) is 1. The number of likely N-dealkylation sites (tertiary alicyclic amines) is 1. The van der Waals surface area contributed by atoms with Gasteiger partial charge in [-0.05, 0) is 32.3 Å². The molecular weight excluding hydrogens is 346 g/mol. The van der Waals surface area contributed by atoms with Crippen LogP contribution in [0.3, 0.4) is 0 Å². The van der Waals surface area contributed by atoms with E-state index >= 15 is 0 Å². The fourth-order valence-electron chi connectivity index (χ4n) is 3.16. The summed E-state index contributed by atoms with van der Waals surface area (Å²) in [4.78, 5) is 18.7. The molecule has 2 heterocycles. The van der Waals surface area contributed by atoms with Crippen molar-refractivity contribution in [2.24, 2.45) is 0 Å². The van der Waals surface area contributed by atoms with Gasteiger partial charge in [-0.15, -0.1) is 11.3 Å². The van der Waals surface area contributed by atoms with Crippen molar-refractivity contribution >= 4 is 17.2 Å². The second-order valence-corrected chi connectivity index (χ2v) is 7.54. The Balaban J connectivity index is 1.58. The summed E-state index contributed by atoms with van der Waals surface area (Å²) < 4.78 is 5.84. The van der Waals surface area contributed by atoms with Gasteiger partial charge in [0.05, 0.1) is 6.04 Å². The topological polar surface area (TPSA) is 54.5 Å². The standard InChI is InChI=1S/C20H27N3O2S/c1-3-17(20-22-15(2)14-26-20)21-12-16-8-4-5-9-18(16)25-13-19(24)23-10-6-7-11-23/h4-5,8-9,14,17,21H,3,6-7,10-13H2,1-2H3. The molecule has 1 aliphatic heterocycles. The van der Waals surface area contributed by atoms with Crippen LogP contribution in [0.25, 0.3) is 0 Å². The average Bonchev–Trinajstić information content (AvgIpc) is 3.33. The minimum Gasteiger partial charge on any atom is -0.483 e. The lowest BCUT2D eigenvalue weighted by atomic mass is 10.1. The van der Waals surface area contributed by atoms with Crippen molar-refractivity contribution in [3.63, 3.8) is 0 Å². The van der Waals surface area contributed by atoms with Crippen molar-refractivity contribution in [1.29, 1.82) is 0 Å². The number of amides is 1. The Hall–Kier alpha value is -1.92. The molecule has 140 valence electrons. The summed E-state index contributed by atoms with van der Waals surface area (Å²) in [7, 11) is 0. The number of benzene rings is 1. The molecule has 0 spiro atoms. The summed E-state index contributed by atoms with van der Waals surface area (Å²) in [5.74, 6) is 0.854. The smallest absolute Gasteiger partial charge is 0.260 e. The first-order chi connectivity index (χ1) is 12.7. The van der Waals surface area contributed by atoms with E-state index in [0.29, 0.717) is 6.54 Å². The summed E-state index contributed by atoms with van der Waals surface area (Å²) in [6, 6.07) is 8.15. The Morgan fingerprint density at radius 1 is 1.35 bits per heavy atom. The molecule has 1 fully saturated rings. The van der Waals surface area contributed by atoms with Gasteiger partial charge in [-0.25, -0.2) is 4.98 Å². The first-order valence-corrected chi connectivity index (χ1v) is 10.2. The van der Waals surface area contributed by atoms with Gasteiger partial charge in [-0.2, -0.15) is 0 Å². The largest absolute Gasteiger partial charge is 0.483 e. The number of nitrogens with one attached hydrogen (secondary N) is 1. The van der Waals surface area contributed by atoms with Crippen LogP contribution in [0, 0.1) is 6.92 Å². The monoisotopic (exact) mass is 373 g/mol. The van der Waals surface area contributed by atoms with E-state index in [0.717, 1.165) is 54.4 Å². The Bertz CT molecular complexity index is 725. The van der Waals surface area contributed by atoms with Crippen molar-refractivity contribution < 1.29 is 9.53 Å². The molecule has 0 aliphatic carbocycles. The normalized spacial score (nSPS) is 15.2. The second kappa shape index (κ2) is 9.14. The lowest BCUT2D eigenvalue weighted by Gasteiger charge is -2.18. The maximum atomic E-state index is 12.2. The van der Waals surface area contributed by atoms with E-state index in [9.17, 15) is 4.79 Å². The van der Waals surface area contributed by atoms with E-state index in [-0.39, 0.29) is 18.6 Å². The Kier molecular flexibility index (Phi) is 6.63. The van der Waals surface area contributed by atoms with Gasteiger partial charge in [-0.3, -0.25) is 4.79 Å². The van der Waals surface area contributed by atoms with Gasteiger partial charge in [-0.1, -0.05) is 25.1 Å². The van der Waals surface area contributed by atoms with E-state index in [1.807, 2.05) is 36.1 Å². The van der Waals surface area contributed by atoms with Gasteiger partial charge < -0.3 is 15.0 Å². The summed E-state index contributed by atoms with van der Waals surface area (Å²) in [6.07, 6.45) is 3.17. The lowest BCUT2D eigenvalue weighted by molar-refractivity contribution is -0.132. The zero-order valence-electron chi connectivity index (χ0n) is 15.5. The van der Waals surface area contributed by atoms with Crippen molar-refractivity contribution in [1.82, 2.24) is 15.2 Å². The third kappa shape index (κ3) is 4.83. The number of hydrogen-bond acceptors (Lipinski definition) is 5. The number of rotatable bonds is 8. The van der Waals surface area contributed by atoms with Gasteiger partial charge in [0.2, 0.25) is 0 Å². The zero-order chi connectivity index (χ0) is 18.4. The first kappa shape index (κ1) is 18.9. The van der Waals surface area contributed by atoms with Gasteiger partial charge in [0.25, 0.3) is 5.91 Å². The highest BCUT2D eigenvalue weighted by Crippen LogP contribution is 2.23. The van der Waals surface area contributed by atoms with Crippen LogP contribution in [0.15, 0.2) is 29.6 Å². The highest BCUT2D eigenvalue weighted by molar-refractivity contribution is 7.09. The molecule has 2 aromatic rings. The number of aromatic nitrogens is 1. The summed E-state index contributed by atoms with van der Waals surface area (Å²) in [5.41, 5.74) is 2.13. The van der Waals surface area contributed by atoms with E-state index in [2.05, 4.69) is 22.6 Å². The molecule has 0 radical (unpaired) electrons. The summed E-state index contributed by atoms with van der Waals surface area (Å²) >= 11 is 1.69. The van der Waals surface area contributed by atoms with Crippen LogP contribution in [-0.4, -0.2) is 35.5 Å². The molecule has 1 atom stereocenters. The molecule has 1 amide bonds. The molecule has 1 aromatic heterocycles. The molecule has 1 unspecified atom stereocenters. The minimum atomic E-state index is 0.0787. The van der Waals surface area contributed by atoms with Crippen LogP contribution in [-0.2, 0) is 11.3 Å². The summed E-state index contributed by atoms with van der Waals surface area (Å²) in [6.45, 7) is 6.69. The third-order valence-corrected chi connectivity index (χ3v) is 5.74. The maximum Gasteiger partial charge on any atom is 0.260 e. The van der Waals surface area contributed by atoms with Gasteiger partial charge in [0.1, 0.15) is 10.8 Å². The van der Waals surface area contributed by atoms with Gasteiger partial charge >= 0.3 is 0 Å². The van der Waals surface area contributed by atoms with Crippen LogP contribution in [0.4, 0.5) is 0 Å². The lowest BCUT2D eigenvalue weighted by Crippen LogP contribution is -2.32. The Labute approximate surface area is 159 Å². The predicted octanol–water partition coefficient (Wildman–Crippen LogP) is 3.69. The number of thiazole rings is 1. The number of nitrogens with zero attached hydrogens (tertiary/aromatic N) is 2. The minimum absolute atomic E-state index is 0.0787. The van der Waals surface area contributed by atoms with E-state index in [4.69, 9.17) is 4.74 Å². The number of aryl methyl sites for hydroxylation is 1. The summed E-state index contributed by atoms with van der Waals surface area (Å²) in [5, 5.41) is 6.77. The zero-order valence-corrected chi connectivity index (χ0v) is 16.3. The quantitative estimate of drug-likeness (QED) is 0.767. The van der Waals surface area contributed by atoms with Crippen LogP contribution >= 0.6 is 11.3 Å². The molecule has 3 rings (SSSR count). The van der Waals surface area contributed by atoms with Crippen molar-refractivity contribution in [2.45, 2.75) is 45.7 Å². The van der Waals surface area contributed by atoms with Crippen molar-refractivity contribution in [2.75, 3.05) is 19.7 Å². The molecule has 26 heavy (non-hydrogen) atoms. The maximum absolute atomic E-state index is 12.2. The van der Waals surface area contributed by atoms with E-state index in [1.165, 1.54) is 0 Å². The molecule has 1 aromatic carbocycles. The third-order valence-electron chi connectivity index (χ3n) is 4.66. The molecule has 0 bridgehead atoms. The highest BCUT2D eigenvalue weighted by Gasteiger charge is 2.19. The second-order valence-electron chi connectivity index (χ2n) is 6.65. The molecule has 5 nitrogen and oxygen atoms in total. The Morgan fingerprint density at radius 3 is 2.81 bits per heavy atom. The van der Waals surface area contributed by atoms with E-state index in [1.54, 1.807) is 11.3 Å². The average molecular weight is 374 g/mol. The fourth-order valence-corrected chi connectivity index (χ4v) is 4.11. The van der Waals surface area contributed by atoms with Crippen molar-refractivity contribution in [3.05, 3.63) is 45.9 Å². The number of hydrogen-bond donors (Lipinski definition) is 1. The van der Waals surface area contributed by atoms with Gasteiger partial charge in [0, 0.05) is 36.3 Å². The molecule has 1 N–H and O–H groups in total. The molecule has 1 saturated heterocycles. The molecule has 6 heteroatoms. The van der Waals surface area contributed by atoms with Crippen LogP contribution < -0.4 is 10.1 Å². The highest BCUT2D eigenvalue weighted by atomic mass is 32.1. The number of carbonyl (C=O) groups excluding carboxylic acids is 1. The molecule has 1 aliphatic rings. The SMILES string of the molecule is CCC(NCc1ccccc1OCC(=O)N1CCCC1)c1nc(C)cs1. The van der Waals surface area contributed by atoms with E-state index < -0.39 is 0 Å². The van der Waals surface area contributed by atoms with Crippen LogP contribution in [0.2, 0.25) is 0 Å². The van der Waals surface area contributed by atoms with Gasteiger partial charge in [0.15, 0.2) is 6.61 Å². The van der Waals surface area contributed by atoms with Crippen molar-refractivity contribution in [3.8, 4) is 5.75 Å². The number of para-hydroxylation sites is 1. The Morgan fingerprint density at radius 2 is 2.12 bits per heavy atom. The van der Waals surface area contributed by atoms with Crippen LogP contribution in [0.5, 0.6) is 5.75 Å². The fraction of sp³-hybridized carbons (Fsp3) is 0.500. The van der Waals surface area contributed by atoms with Crippen LogP contribution in [0.1, 0.15) is 48.5 Å².